The molecule has 0 saturated carbocycles. The van der Waals surface area contributed by atoms with Crippen LogP contribution >= 0.6 is 11.8 Å². The topological polar surface area (TPSA) is 46.9 Å². The molecule has 2 heterocycles. The lowest BCUT2D eigenvalue weighted by molar-refractivity contribution is -0.118. The van der Waals surface area contributed by atoms with Crippen molar-refractivity contribution in [1.29, 1.82) is 0 Å². The number of carbonyl (C=O) groups excluding carboxylic acids is 1. The van der Waals surface area contributed by atoms with E-state index in [-0.39, 0.29) is 11.3 Å². The average molecular weight is 321 g/mol. The minimum absolute atomic E-state index is 0.0461. The lowest BCUT2D eigenvalue weighted by atomic mass is 10.1. The number of aromatic nitrogens is 2. The van der Waals surface area contributed by atoms with Crippen molar-refractivity contribution >= 4 is 17.7 Å². The van der Waals surface area contributed by atoms with Crippen LogP contribution in [0, 0.1) is 0 Å². The maximum atomic E-state index is 11.6. The van der Waals surface area contributed by atoms with Gasteiger partial charge in [-0.05, 0) is 12.1 Å². The summed E-state index contributed by atoms with van der Waals surface area (Å²) in [4.78, 5) is 11.6. The highest BCUT2D eigenvalue weighted by Gasteiger charge is 2.27. The number of thioether (sulfide) groups is 1. The minimum atomic E-state index is -0.0461. The Kier molecular flexibility index (Phi) is 3.63. The van der Waals surface area contributed by atoms with Crippen molar-refractivity contribution in [3.05, 3.63) is 72.4 Å². The number of hydrogen-bond acceptors (Lipinski definition) is 3. The fourth-order valence-corrected chi connectivity index (χ4v) is 3.64. The molecule has 0 bridgehead atoms. The van der Waals surface area contributed by atoms with E-state index in [9.17, 15) is 4.79 Å². The number of nitrogens with one attached hydrogen (secondary N) is 1. The van der Waals surface area contributed by atoms with E-state index >= 15 is 0 Å². The molecular weight excluding hydrogens is 306 g/mol. The van der Waals surface area contributed by atoms with Crippen LogP contribution in [0.5, 0.6) is 0 Å². The summed E-state index contributed by atoms with van der Waals surface area (Å²) in [6.45, 7) is 0. The Balaban J connectivity index is 1.82. The Morgan fingerprint density at radius 2 is 1.74 bits per heavy atom. The molecule has 1 saturated heterocycles. The molecule has 0 aliphatic carbocycles. The number of para-hydroxylation sites is 1. The van der Waals surface area contributed by atoms with E-state index in [1.807, 2.05) is 71.5 Å². The summed E-state index contributed by atoms with van der Waals surface area (Å²) in [5.41, 5.74) is 4.01. The van der Waals surface area contributed by atoms with Crippen LogP contribution in [0.3, 0.4) is 0 Å². The van der Waals surface area contributed by atoms with E-state index in [2.05, 4.69) is 5.32 Å². The number of benzene rings is 2. The van der Waals surface area contributed by atoms with Crippen molar-refractivity contribution in [2.45, 2.75) is 5.37 Å². The Bertz CT molecular complexity index is 830. The first kappa shape index (κ1) is 14.1. The average Bonchev–Trinajstić information content (AvgIpc) is 3.23. The van der Waals surface area contributed by atoms with Gasteiger partial charge >= 0.3 is 0 Å². The molecular formula is C18H15N3OS. The second-order valence-corrected chi connectivity index (χ2v) is 6.43. The van der Waals surface area contributed by atoms with E-state index in [4.69, 9.17) is 5.10 Å². The van der Waals surface area contributed by atoms with Gasteiger partial charge in [-0.3, -0.25) is 4.79 Å². The molecule has 114 valence electrons. The Morgan fingerprint density at radius 1 is 1.04 bits per heavy atom. The molecule has 3 aromatic rings. The number of nitrogens with zero attached hydrogens (tertiary/aromatic N) is 2. The van der Waals surface area contributed by atoms with Gasteiger partial charge in [0.05, 0.1) is 17.1 Å². The van der Waals surface area contributed by atoms with Crippen LogP contribution in [0.2, 0.25) is 0 Å². The fraction of sp³-hybridized carbons (Fsp3) is 0.111. The second kappa shape index (κ2) is 5.93. The lowest BCUT2D eigenvalue weighted by Gasteiger charge is -2.09. The van der Waals surface area contributed by atoms with Gasteiger partial charge in [0.2, 0.25) is 5.91 Å². The molecule has 1 aliphatic rings. The van der Waals surface area contributed by atoms with E-state index < -0.39 is 0 Å². The van der Waals surface area contributed by atoms with Crippen molar-refractivity contribution in [2.75, 3.05) is 5.75 Å². The van der Waals surface area contributed by atoms with Crippen molar-refractivity contribution in [1.82, 2.24) is 15.1 Å². The van der Waals surface area contributed by atoms with Gasteiger partial charge in [-0.2, -0.15) is 5.10 Å². The van der Waals surface area contributed by atoms with Crippen molar-refractivity contribution < 1.29 is 4.79 Å². The lowest BCUT2D eigenvalue weighted by Crippen LogP contribution is -2.19. The molecule has 4 rings (SSSR count). The van der Waals surface area contributed by atoms with Gasteiger partial charge < -0.3 is 5.32 Å². The van der Waals surface area contributed by atoms with Crippen LogP contribution < -0.4 is 5.32 Å². The third kappa shape index (κ3) is 2.75. The zero-order valence-corrected chi connectivity index (χ0v) is 13.2. The SMILES string of the molecule is O=C1CSC(c2cn(-c3ccccc3)nc2-c2ccccc2)N1. The Labute approximate surface area is 138 Å². The highest BCUT2D eigenvalue weighted by atomic mass is 32.2. The highest BCUT2D eigenvalue weighted by molar-refractivity contribution is 8.00. The van der Waals surface area contributed by atoms with E-state index in [0.29, 0.717) is 5.75 Å². The summed E-state index contributed by atoms with van der Waals surface area (Å²) in [6.07, 6.45) is 2.01. The highest BCUT2D eigenvalue weighted by Crippen LogP contribution is 2.36. The summed E-state index contributed by atoms with van der Waals surface area (Å²) in [5, 5.41) is 7.74. The second-order valence-electron chi connectivity index (χ2n) is 5.34. The first-order valence-corrected chi connectivity index (χ1v) is 8.47. The zero-order valence-electron chi connectivity index (χ0n) is 12.3. The van der Waals surface area contributed by atoms with Gasteiger partial charge in [-0.15, -0.1) is 11.8 Å². The fourth-order valence-electron chi connectivity index (χ4n) is 2.67. The molecule has 1 aliphatic heterocycles. The van der Waals surface area contributed by atoms with E-state index in [1.54, 1.807) is 11.8 Å². The first-order valence-electron chi connectivity index (χ1n) is 7.42. The molecule has 1 N–H and O–H groups in total. The molecule has 4 nitrogen and oxygen atoms in total. The van der Waals surface area contributed by atoms with Crippen LogP contribution in [0.1, 0.15) is 10.9 Å². The number of carbonyl (C=O) groups is 1. The molecule has 23 heavy (non-hydrogen) atoms. The smallest absolute Gasteiger partial charge is 0.231 e. The summed E-state index contributed by atoms with van der Waals surface area (Å²) in [6, 6.07) is 20.1. The molecule has 1 fully saturated rings. The Hall–Kier alpha value is -2.53. The maximum absolute atomic E-state index is 11.6. The van der Waals surface area contributed by atoms with Crippen molar-refractivity contribution in [2.24, 2.45) is 0 Å². The third-order valence-electron chi connectivity index (χ3n) is 3.77. The molecule has 1 atom stereocenters. The van der Waals surface area contributed by atoms with Crippen LogP contribution in [0.4, 0.5) is 0 Å². The van der Waals surface area contributed by atoms with Crippen LogP contribution in [0.25, 0.3) is 16.9 Å². The largest absolute Gasteiger partial charge is 0.339 e. The normalized spacial score (nSPS) is 17.2. The summed E-state index contributed by atoms with van der Waals surface area (Å²) < 4.78 is 1.88. The van der Waals surface area contributed by atoms with Crippen LogP contribution in [-0.4, -0.2) is 21.4 Å². The molecule has 1 amide bonds. The number of amides is 1. The molecule has 1 aromatic heterocycles. The number of hydrogen-bond donors (Lipinski definition) is 1. The maximum Gasteiger partial charge on any atom is 0.231 e. The van der Waals surface area contributed by atoms with Gasteiger partial charge in [-0.1, -0.05) is 48.5 Å². The van der Waals surface area contributed by atoms with Gasteiger partial charge in [0, 0.05) is 17.3 Å². The predicted octanol–water partition coefficient (Wildman–Crippen LogP) is 3.40. The van der Waals surface area contributed by atoms with E-state index in [1.165, 1.54) is 0 Å². The predicted molar refractivity (Wildman–Crippen MR) is 92.3 cm³/mol. The molecule has 5 heteroatoms. The minimum Gasteiger partial charge on any atom is -0.339 e. The van der Waals surface area contributed by atoms with Gasteiger partial charge in [0.25, 0.3) is 0 Å². The van der Waals surface area contributed by atoms with Crippen LogP contribution in [0.15, 0.2) is 66.9 Å². The zero-order chi connectivity index (χ0) is 15.6. The molecule has 1 unspecified atom stereocenters. The first-order chi connectivity index (χ1) is 11.3. The summed E-state index contributed by atoms with van der Waals surface area (Å²) in [5.74, 6) is 0.571. The van der Waals surface area contributed by atoms with E-state index in [0.717, 1.165) is 22.5 Å². The molecule has 2 aromatic carbocycles. The van der Waals surface area contributed by atoms with Gasteiger partial charge in [0.15, 0.2) is 0 Å². The third-order valence-corrected chi connectivity index (χ3v) is 4.90. The van der Waals surface area contributed by atoms with Gasteiger partial charge in [-0.25, -0.2) is 4.68 Å². The van der Waals surface area contributed by atoms with Gasteiger partial charge in [0.1, 0.15) is 5.37 Å². The number of rotatable bonds is 3. The summed E-state index contributed by atoms with van der Waals surface area (Å²) in [7, 11) is 0. The van der Waals surface area contributed by atoms with Crippen molar-refractivity contribution in [3.8, 4) is 16.9 Å². The quantitative estimate of drug-likeness (QED) is 0.804. The standard InChI is InChI=1S/C18H15N3OS/c22-16-12-23-18(19-16)15-11-21(14-9-5-2-6-10-14)20-17(15)13-7-3-1-4-8-13/h1-11,18H,12H2,(H,19,22). The monoisotopic (exact) mass is 321 g/mol. The molecule has 0 radical (unpaired) electrons. The summed E-state index contributed by atoms with van der Waals surface area (Å²) >= 11 is 1.61. The Morgan fingerprint density at radius 3 is 2.39 bits per heavy atom. The molecule has 0 spiro atoms. The van der Waals surface area contributed by atoms with Crippen molar-refractivity contribution in [3.63, 3.8) is 0 Å². The van der Waals surface area contributed by atoms with Crippen LogP contribution in [-0.2, 0) is 4.79 Å².